The van der Waals surface area contributed by atoms with Crippen LogP contribution >= 0.6 is 22.9 Å². The minimum absolute atomic E-state index is 0.259. The largest absolute Gasteiger partial charge is 0.363 e. The molecule has 0 spiro atoms. The Kier molecular flexibility index (Phi) is 2.78. The molecule has 2 aromatic rings. The van der Waals surface area contributed by atoms with Crippen LogP contribution in [0.4, 0.5) is 10.3 Å². The van der Waals surface area contributed by atoms with E-state index in [1.165, 1.54) is 0 Å². The average molecular weight is 243 g/mol. The molecular formula is C5H5N7OS2. The summed E-state index contributed by atoms with van der Waals surface area (Å²) in [5.41, 5.74) is 0. The van der Waals surface area contributed by atoms with E-state index in [1.54, 1.807) is 7.05 Å². The van der Waals surface area contributed by atoms with Gasteiger partial charge in [0.1, 0.15) is 0 Å². The highest BCUT2D eigenvalue weighted by Gasteiger charge is 2.13. The number of carbonyl (C=O) groups is 1. The standard InChI is InChI=1S/C5H5N7OS2/c1-6-4-9-8-3(14-4)2(13)7-5-10-11-12-15-5/h1H3,(H,6,9)(H,7,10,12,13). The molecule has 0 saturated carbocycles. The summed E-state index contributed by atoms with van der Waals surface area (Å²) in [5.74, 6) is -0.368. The number of aromatic nitrogens is 5. The molecule has 0 radical (unpaired) electrons. The first-order valence-corrected chi connectivity index (χ1v) is 5.36. The number of nitrogens with one attached hydrogen (secondary N) is 2. The van der Waals surface area contributed by atoms with Crippen LogP contribution in [0.5, 0.6) is 0 Å². The summed E-state index contributed by atoms with van der Waals surface area (Å²) in [6.07, 6.45) is 0. The van der Waals surface area contributed by atoms with Crippen LogP contribution in [0.1, 0.15) is 9.80 Å². The van der Waals surface area contributed by atoms with E-state index in [0.29, 0.717) is 10.3 Å². The lowest BCUT2D eigenvalue weighted by Gasteiger charge is -1.93. The van der Waals surface area contributed by atoms with Crippen molar-refractivity contribution in [2.75, 3.05) is 17.7 Å². The molecule has 0 bridgehead atoms. The second kappa shape index (κ2) is 4.23. The Balaban J connectivity index is 2.08. The van der Waals surface area contributed by atoms with Crippen LogP contribution in [0, 0.1) is 0 Å². The maximum absolute atomic E-state index is 11.5. The Bertz CT molecular complexity index is 452. The molecule has 2 N–H and O–H groups in total. The fourth-order valence-corrected chi connectivity index (χ4v) is 1.70. The third kappa shape index (κ3) is 2.22. The van der Waals surface area contributed by atoms with E-state index in [1.807, 2.05) is 0 Å². The molecular weight excluding hydrogens is 238 g/mol. The molecule has 0 aromatic carbocycles. The minimum Gasteiger partial charge on any atom is -0.363 e. The third-order valence-electron chi connectivity index (χ3n) is 1.35. The second-order valence-corrected chi connectivity index (χ2v) is 3.99. The van der Waals surface area contributed by atoms with Crippen molar-refractivity contribution < 1.29 is 4.79 Å². The minimum atomic E-state index is -0.368. The fraction of sp³-hybridized carbons (Fsp3) is 0.200. The van der Waals surface area contributed by atoms with Crippen LogP contribution in [0.25, 0.3) is 0 Å². The quantitative estimate of drug-likeness (QED) is 0.786. The molecule has 2 heterocycles. The van der Waals surface area contributed by atoms with Gasteiger partial charge in [0.05, 0.1) is 0 Å². The molecule has 8 nitrogen and oxygen atoms in total. The van der Waals surface area contributed by atoms with Gasteiger partial charge in [-0.3, -0.25) is 10.1 Å². The van der Waals surface area contributed by atoms with Crippen molar-refractivity contribution in [1.82, 2.24) is 25.0 Å². The molecule has 0 aliphatic carbocycles. The summed E-state index contributed by atoms with van der Waals surface area (Å²) in [6, 6.07) is 0. The maximum atomic E-state index is 11.5. The monoisotopic (exact) mass is 243 g/mol. The van der Waals surface area contributed by atoms with E-state index in [4.69, 9.17) is 0 Å². The first-order valence-electron chi connectivity index (χ1n) is 3.77. The van der Waals surface area contributed by atoms with Gasteiger partial charge < -0.3 is 5.32 Å². The number of nitrogens with zero attached hydrogens (tertiary/aromatic N) is 5. The van der Waals surface area contributed by atoms with E-state index in [2.05, 4.69) is 35.6 Å². The van der Waals surface area contributed by atoms with E-state index >= 15 is 0 Å². The summed E-state index contributed by atoms with van der Waals surface area (Å²) in [6.45, 7) is 0. The normalized spacial score (nSPS) is 9.93. The van der Waals surface area contributed by atoms with Crippen molar-refractivity contribution >= 4 is 39.0 Å². The summed E-state index contributed by atoms with van der Waals surface area (Å²) in [7, 11) is 1.71. The van der Waals surface area contributed by atoms with Crippen LogP contribution in [0.3, 0.4) is 0 Å². The molecule has 0 unspecified atom stereocenters. The van der Waals surface area contributed by atoms with Crippen LogP contribution in [-0.2, 0) is 0 Å². The second-order valence-electron chi connectivity index (χ2n) is 2.28. The van der Waals surface area contributed by atoms with Gasteiger partial charge >= 0.3 is 0 Å². The molecule has 2 rings (SSSR count). The number of hydrogen-bond acceptors (Lipinski definition) is 9. The zero-order valence-corrected chi connectivity index (χ0v) is 9.09. The van der Waals surface area contributed by atoms with Gasteiger partial charge in [0.2, 0.25) is 15.3 Å². The van der Waals surface area contributed by atoms with Crippen molar-refractivity contribution in [3.63, 3.8) is 0 Å². The predicted molar refractivity (Wildman–Crippen MR) is 55.1 cm³/mol. The highest BCUT2D eigenvalue weighted by molar-refractivity contribution is 7.17. The van der Waals surface area contributed by atoms with Crippen LogP contribution in [0.2, 0.25) is 0 Å². The summed E-state index contributed by atoms with van der Waals surface area (Å²) < 4.78 is 3.51. The lowest BCUT2D eigenvalue weighted by atomic mass is 10.6. The van der Waals surface area contributed by atoms with Gasteiger partial charge in [-0.25, -0.2) is 0 Å². The topological polar surface area (TPSA) is 106 Å². The Morgan fingerprint density at radius 1 is 1.27 bits per heavy atom. The average Bonchev–Trinajstić information content (AvgIpc) is 2.86. The predicted octanol–water partition coefficient (Wildman–Crippen LogP) is 0.0786. The van der Waals surface area contributed by atoms with Crippen molar-refractivity contribution in [3.8, 4) is 0 Å². The molecule has 1 amide bonds. The van der Waals surface area contributed by atoms with Crippen LogP contribution in [-0.4, -0.2) is 38.0 Å². The first-order chi connectivity index (χ1) is 7.29. The summed E-state index contributed by atoms with van der Waals surface area (Å²) in [4.78, 5) is 11.5. The van der Waals surface area contributed by atoms with E-state index in [-0.39, 0.29) is 10.9 Å². The molecule has 15 heavy (non-hydrogen) atoms. The number of amides is 1. The summed E-state index contributed by atoms with van der Waals surface area (Å²) in [5, 5.41) is 20.8. The summed E-state index contributed by atoms with van der Waals surface area (Å²) >= 11 is 2.15. The molecule has 10 heteroatoms. The Morgan fingerprint density at radius 2 is 2.13 bits per heavy atom. The fourth-order valence-electron chi connectivity index (χ4n) is 0.748. The smallest absolute Gasteiger partial charge is 0.288 e. The van der Waals surface area contributed by atoms with Crippen molar-refractivity contribution in [2.45, 2.75) is 0 Å². The zero-order valence-electron chi connectivity index (χ0n) is 7.46. The number of anilines is 2. The Morgan fingerprint density at radius 3 is 2.73 bits per heavy atom. The van der Waals surface area contributed by atoms with E-state index in [9.17, 15) is 4.79 Å². The highest BCUT2D eigenvalue weighted by atomic mass is 32.1. The molecule has 2 aromatic heterocycles. The van der Waals surface area contributed by atoms with Gasteiger partial charge in [0, 0.05) is 18.6 Å². The zero-order chi connectivity index (χ0) is 10.7. The van der Waals surface area contributed by atoms with Gasteiger partial charge in [0.15, 0.2) is 0 Å². The third-order valence-corrected chi connectivity index (χ3v) is 2.80. The number of hydrogen-bond donors (Lipinski definition) is 2. The number of carbonyl (C=O) groups excluding carboxylic acids is 1. The van der Waals surface area contributed by atoms with E-state index in [0.717, 1.165) is 22.9 Å². The van der Waals surface area contributed by atoms with Crippen molar-refractivity contribution in [3.05, 3.63) is 5.01 Å². The molecule has 0 saturated heterocycles. The molecule has 0 aliphatic rings. The molecule has 78 valence electrons. The van der Waals surface area contributed by atoms with Crippen LogP contribution < -0.4 is 10.6 Å². The lowest BCUT2D eigenvalue weighted by molar-refractivity contribution is 0.102. The first kappa shape index (κ1) is 9.86. The van der Waals surface area contributed by atoms with Gasteiger partial charge in [-0.15, -0.1) is 10.2 Å². The van der Waals surface area contributed by atoms with Gasteiger partial charge in [-0.2, -0.15) is 0 Å². The lowest BCUT2D eigenvalue weighted by Crippen LogP contribution is -2.11. The number of rotatable bonds is 3. The maximum Gasteiger partial charge on any atom is 0.288 e. The van der Waals surface area contributed by atoms with Gasteiger partial charge in [0.25, 0.3) is 5.91 Å². The molecule has 0 atom stereocenters. The van der Waals surface area contributed by atoms with Crippen molar-refractivity contribution in [2.24, 2.45) is 0 Å². The Hall–Kier alpha value is -1.68. The van der Waals surface area contributed by atoms with Gasteiger partial charge in [-0.05, 0) is 5.21 Å². The highest BCUT2D eigenvalue weighted by Crippen LogP contribution is 2.15. The van der Waals surface area contributed by atoms with Crippen LogP contribution in [0.15, 0.2) is 0 Å². The molecule has 0 fully saturated rings. The Labute approximate surface area is 91.9 Å². The van der Waals surface area contributed by atoms with Gasteiger partial charge in [-0.1, -0.05) is 20.9 Å². The van der Waals surface area contributed by atoms with E-state index < -0.39 is 0 Å². The SMILES string of the molecule is CNc1nnc(C(=O)Nc2nnns2)s1. The molecule has 0 aliphatic heterocycles. The van der Waals surface area contributed by atoms with Crippen molar-refractivity contribution in [1.29, 1.82) is 0 Å².